The van der Waals surface area contributed by atoms with E-state index in [1.807, 2.05) is 30.3 Å². The van der Waals surface area contributed by atoms with Crippen LogP contribution in [0.25, 0.3) is 0 Å². The van der Waals surface area contributed by atoms with Crippen LogP contribution in [0.5, 0.6) is 0 Å². The molecule has 1 aromatic rings. The first kappa shape index (κ1) is 13.6. The Balaban J connectivity index is 1.96. The average Bonchev–Trinajstić information content (AvgIpc) is 2.82. The molecule has 1 fully saturated rings. The minimum absolute atomic E-state index is 0.0831. The highest BCUT2D eigenvalue weighted by Crippen LogP contribution is 2.24. The summed E-state index contributed by atoms with van der Waals surface area (Å²) in [7, 11) is 0. The third kappa shape index (κ3) is 3.13. The van der Waals surface area contributed by atoms with Crippen LogP contribution in [0.3, 0.4) is 0 Å². The molecule has 1 aromatic carbocycles. The van der Waals surface area contributed by atoms with Gasteiger partial charge in [-0.05, 0) is 25.0 Å². The molecule has 0 unspecified atom stereocenters. The summed E-state index contributed by atoms with van der Waals surface area (Å²) in [4.78, 5) is 25.9. The molecule has 1 atom stereocenters. The van der Waals surface area contributed by atoms with E-state index < -0.39 is 5.92 Å². The number of benzene rings is 1. The van der Waals surface area contributed by atoms with E-state index in [1.165, 1.54) is 0 Å². The second-order valence-corrected chi connectivity index (χ2v) is 4.81. The highest BCUT2D eigenvalue weighted by molar-refractivity contribution is 6.09. The largest absolute Gasteiger partial charge is 0.355 e. The van der Waals surface area contributed by atoms with Gasteiger partial charge in [-0.1, -0.05) is 31.5 Å². The molecule has 1 N–H and O–H groups in total. The Kier molecular flexibility index (Phi) is 4.55. The SMILES string of the molecule is CCCCNC(=O)[C@H]1CCN(c2ccccc2)C1=O. The second kappa shape index (κ2) is 6.36. The lowest BCUT2D eigenvalue weighted by Crippen LogP contribution is -2.37. The molecular formula is C15H20N2O2. The van der Waals surface area contributed by atoms with Gasteiger partial charge in [0.05, 0.1) is 0 Å². The standard InChI is InChI=1S/C15H20N2O2/c1-2-3-10-16-14(18)13-9-11-17(15(13)19)12-7-5-4-6-8-12/h4-8,13H,2-3,9-11H2,1H3,(H,16,18)/t13-/m1/s1. The number of carbonyl (C=O) groups excluding carboxylic acids is 2. The number of carbonyl (C=O) groups is 2. The fourth-order valence-electron chi connectivity index (χ4n) is 2.30. The van der Waals surface area contributed by atoms with Crippen LogP contribution in [-0.2, 0) is 9.59 Å². The van der Waals surface area contributed by atoms with Crippen LogP contribution >= 0.6 is 0 Å². The van der Waals surface area contributed by atoms with Gasteiger partial charge in [0, 0.05) is 18.8 Å². The first-order valence-electron chi connectivity index (χ1n) is 6.88. The number of nitrogens with zero attached hydrogens (tertiary/aromatic N) is 1. The number of unbranched alkanes of at least 4 members (excludes halogenated alkanes) is 1. The van der Waals surface area contributed by atoms with E-state index in [-0.39, 0.29) is 11.8 Å². The third-order valence-corrected chi connectivity index (χ3v) is 3.42. The fraction of sp³-hybridized carbons (Fsp3) is 0.467. The first-order chi connectivity index (χ1) is 9.24. The normalized spacial score (nSPS) is 18.7. The van der Waals surface area contributed by atoms with Gasteiger partial charge >= 0.3 is 0 Å². The van der Waals surface area contributed by atoms with Crippen LogP contribution in [0.4, 0.5) is 5.69 Å². The van der Waals surface area contributed by atoms with Gasteiger partial charge in [-0.3, -0.25) is 9.59 Å². The molecule has 0 aromatic heterocycles. The number of hydrogen-bond acceptors (Lipinski definition) is 2. The molecule has 0 aliphatic carbocycles. The van der Waals surface area contributed by atoms with E-state index in [0.717, 1.165) is 18.5 Å². The Hall–Kier alpha value is -1.84. The molecule has 1 saturated heterocycles. The minimum Gasteiger partial charge on any atom is -0.355 e. The summed E-state index contributed by atoms with van der Waals surface area (Å²) in [6, 6.07) is 9.51. The lowest BCUT2D eigenvalue weighted by atomic mass is 10.1. The Labute approximate surface area is 113 Å². The maximum Gasteiger partial charge on any atom is 0.239 e. The van der Waals surface area contributed by atoms with Crippen molar-refractivity contribution in [2.45, 2.75) is 26.2 Å². The highest BCUT2D eigenvalue weighted by Gasteiger charge is 2.37. The topological polar surface area (TPSA) is 49.4 Å². The predicted octanol–water partition coefficient (Wildman–Crippen LogP) is 1.96. The van der Waals surface area contributed by atoms with Crippen molar-refractivity contribution in [1.82, 2.24) is 5.32 Å². The van der Waals surface area contributed by atoms with Gasteiger partial charge in [0.25, 0.3) is 0 Å². The van der Waals surface area contributed by atoms with Crippen molar-refractivity contribution in [2.75, 3.05) is 18.0 Å². The molecule has 19 heavy (non-hydrogen) atoms. The molecular weight excluding hydrogens is 240 g/mol. The van der Waals surface area contributed by atoms with Crippen LogP contribution < -0.4 is 10.2 Å². The van der Waals surface area contributed by atoms with Crippen LogP contribution in [-0.4, -0.2) is 24.9 Å². The van der Waals surface area contributed by atoms with Crippen LogP contribution in [0, 0.1) is 5.92 Å². The molecule has 2 amide bonds. The van der Waals surface area contributed by atoms with Gasteiger partial charge < -0.3 is 10.2 Å². The van der Waals surface area contributed by atoms with Gasteiger partial charge in [0.1, 0.15) is 5.92 Å². The zero-order chi connectivity index (χ0) is 13.7. The average molecular weight is 260 g/mol. The van der Waals surface area contributed by atoms with E-state index in [1.54, 1.807) is 4.90 Å². The molecule has 2 rings (SSSR count). The molecule has 0 spiro atoms. The van der Waals surface area contributed by atoms with E-state index in [0.29, 0.717) is 19.5 Å². The summed E-state index contributed by atoms with van der Waals surface area (Å²) >= 11 is 0. The Bertz CT molecular complexity index is 445. The molecule has 102 valence electrons. The summed E-state index contributed by atoms with van der Waals surface area (Å²) in [5.41, 5.74) is 0.872. The van der Waals surface area contributed by atoms with Crippen molar-refractivity contribution >= 4 is 17.5 Å². The Morgan fingerprint density at radius 1 is 1.37 bits per heavy atom. The van der Waals surface area contributed by atoms with Gasteiger partial charge in [-0.2, -0.15) is 0 Å². The number of amides is 2. The third-order valence-electron chi connectivity index (χ3n) is 3.42. The minimum atomic E-state index is -0.517. The van der Waals surface area contributed by atoms with Crippen LogP contribution in [0.1, 0.15) is 26.2 Å². The van der Waals surface area contributed by atoms with Crippen LogP contribution in [0.2, 0.25) is 0 Å². The summed E-state index contributed by atoms with van der Waals surface area (Å²) in [6.07, 6.45) is 2.59. The second-order valence-electron chi connectivity index (χ2n) is 4.81. The van der Waals surface area contributed by atoms with Crippen molar-refractivity contribution in [3.8, 4) is 0 Å². The number of para-hydroxylation sites is 1. The predicted molar refractivity (Wildman–Crippen MR) is 74.8 cm³/mol. The fourth-order valence-corrected chi connectivity index (χ4v) is 2.30. The van der Waals surface area contributed by atoms with Crippen LogP contribution in [0.15, 0.2) is 30.3 Å². The van der Waals surface area contributed by atoms with Crippen molar-refractivity contribution in [3.63, 3.8) is 0 Å². The summed E-state index contributed by atoms with van der Waals surface area (Å²) < 4.78 is 0. The summed E-state index contributed by atoms with van der Waals surface area (Å²) in [5.74, 6) is -0.728. The summed E-state index contributed by atoms with van der Waals surface area (Å²) in [6.45, 7) is 3.35. The lowest BCUT2D eigenvalue weighted by Gasteiger charge is -2.16. The first-order valence-corrected chi connectivity index (χ1v) is 6.88. The monoisotopic (exact) mass is 260 g/mol. The number of nitrogens with one attached hydrogen (secondary N) is 1. The maximum atomic E-state index is 12.2. The smallest absolute Gasteiger partial charge is 0.239 e. The molecule has 4 heteroatoms. The molecule has 0 bridgehead atoms. The molecule has 0 saturated carbocycles. The number of hydrogen-bond donors (Lipinski definition) is 1. The molecule has 0 radical (unpaired) electrons. The Morgan fingerprint density at radius 2 is 2.11 bits per heavy atom. The number of anilines is 1. The Morgan fingerprint density at radius 3 is 2.79 bits per heavy atom. The molecule has 1 aliphatic heterocycles. The molecule has 4 nitrogen and oxygen atoms in total. The van der Waals surface area contributed by atoms with Crippen molar-refractivity contribution in [1.29, 1.82) is 0 Å². The quantitative estimate of drug-likeness (QED) is 0.650. The van der Waals surface area contributed by atoms with Gasteiger partial charge in [-0.25, -0.2) is 0 Å². The van der Waals surface area contributed by atoms with Gasteiger partial charge in [0.2, 0.25) is 11.8 Å². The number of rotatable bonds is 5. The maximum absolute atomic E-state index is 12.2. The van der Waals surface area contributed by atoms with E-state index >= 15 is 0 Å². The van der Waals surface area contributed by atoms with Crippen molar-refractivity contribution in [3.05, 3.63) is 30.3 Å². The molecule has 1 aliphatic rings. The van der Waals surface area contributed by atoms with Gasteiger partial charge in [-0.15, -0.1) is 0 Å². The van der Waals surface area contributed by atoms with Gasteiger partial charge in [0.15, 0.2) is 0 Å². The zero-order valence-electron chi connectivity index (χ0n) is 11.3. The van der Waals surface area contributed by atoms with Crippen molar-refractivity contribution in [2.24, 2.45) is 5.92 Å². The lowest BCUT2D eigenvalue weighted by molar-refractivity contribution is -0.132. The zero-order valence-corrected chi connectivity index (χ0v) is 11.3. The van der Waals surface area contributed by atoms with E-state index in [2.05, 4.69) is 12.2 Å². The van der Waals surface area contributed by atoms with E-state index in [4.69, 9.17) is 0 Å². The highest BCUT2D eigenvalue weighted by atomic mass is 16.2. The van der Waals surface area contributed by atoms with E-state index in [9.17, 15) is 9.59 Å². The summed E-state index contributed by atoms with van der Waals surface area (Å²) in [5, 5.41) is 2.84. The molecule has 1 heterocycles. The van der Waals surface area contributed by atoms with Crippen molar-refractivity contribution < 1.29 is 9.59 Å².